The molecule has 8 heavy (non-hydrogen) atoms. The van der Waals surface area contributed by atoms with Gasteiger partial charge in [-0.05, 0) is 19.3 Å². The third-order valence-electron chi connectivity index (χ3n) is 1.73. The molecule has 0 radical (unpaired) electrons. The molecule has 0 aromatic heterocycles. The Hall–Kier alpha value is 0.177. The quantitative estimate of drug-likeness (QED) is 0.475. The van der Waals surface area contributed by atoms with Crippen molar-refractivity contribution in [2.75, 3.05) is 6.61 Å². The topological polar surface area (TPSA) is 9.23 Å². The van der Waals surface area contributed by atoms with E-state index in [9.17, 15) is 0 Å². The summed E-state index contributed by atoms with van der Waals surface area (Å²) in [6, 6.07) is 0. The van der Waals surface area contributed by atoms with Crippen LogP contribution >= 0.6 is 0 Å². The molecule has 1 aliphatic heterocycles. The highest BCUT2D eigenvalue weighted by molar-refractivity contribution is 6.35. The van der Waals surface area contributed by atoms with Gasteiger partial charge in [-0.3, -0.25) is 0 Å². The van der Waals surface area contributed by atoms with Crippen molar-refractivity contribution in [2.45, 2.75) is 31.5 Å². The molecule has 1 rings (SSSR count). The third kappa shape index (κ3) is 1.60. The van der Waals surface area contributed by atoms with E-state index in [2.05, 4.69) is 6.55 Å². The zero-order valence-electron chi connectivity index (χ0n) is 5.52. The summed E-state index contributed by atoms with van der Waals surface area (Å²) in [5, 5.41) is 0. The van der Waals surface area contributed by atoms with Gasteiger partial charge in [-0.1, -0.05) is 6.55 Å². The lowest BCUT2D eigenvalue weighted by molar-refractivity contribution is 0.0655. The van der Waals surface area contributed by atoms with Gasteiger partial charge in [0.15, 0.2) is 0 Å². The van der Waals surface area contributed by atoms with Gasteiger partial charge in [0.1, 0.15) is 0 Å². The largest absolute Gasteiger partial charge is 0.382 e. The number of hydrogen-bond acceptors (Lipinski definition) is 1. The molecular formula is C6H14OSi. The van der Waals surface area contributed by atoms with E-state index in [0.29, 0.717) is 0 Å². The van der Waals surface area contributed by atoms with Crippen molar-refractivity contribution in [1.29, 1.82) is 0 Å². The monoisotopic (exact) mass is 130 g/mol. The van der Waals surface area contributed by atoms with Gasteiger partial charge in [0.25, 0.3) is 0 Å². The van der Waals surface area contributed by atoms with E-state index < -0.39 is 0 Å². The van der Waals surface area contributed by atoms with Gasteiger partial charge in [-0.2, -0.15) is 0 Å². The summed E-state index contributed by atoms with van der Waals surface area (Å²) in [6.45, 7) is 3.36. The van der Waals surface area contributed by atoms with Crippen molar-refractivity contribution in [2.24, 2.45) is 0 Å². The first-order valence-electron chi connectivity index (χ1n) is 3.55. The van der Waals surface area contributed by atoms with Gasteiger partial charge in [-0.15, -0.1) is 0 Å². The predicted octanol–water partition coefficient (Wildman–Crippen LogP) is 0.730. The summed E-state index contributed by atoms with van der Waals surface area (Å²) in [6.07, 6.45) is 4.05. The van der Waals surface area contributed by atoms with Gasteiger partial charge in [-0.25, -0.2) is 0 Å². The van der Waals surface area contributed by atoms with Crippen molar-refractivity contribution in [1.82, 2.24) is 0 Å². The van der Waals surface area contributed by atoms with Crippen LogP contribution in [0.15, 0.2) is 0 Å². The molecule has 0 aliphatic carbocycles. The molecule has 1 aliphatic rings. The lowest BCUT2D eigenvalue weighted by atomic mass is 10.2. The minimum atomic E-state index is 0.146. The normalized spacial score (nSPS) is 31.9. The number of hydrogen-bond donors (Lipinski definition) is 0. The van der Waals surface area contributed by atoms with Crippen LogP contribution in [0.4, 0.5) is 0 Å². The molecule has 0 amide bonds. The molecule has 48 valence electrons. The Bertz CT molecular complexity index is 59.5. The highest BCUT2D eigenvalue weighted by atomic mass is 28.2. The first-order valence-corrected chi connectivity index (χ1v) is 5.78. The molecule has 1 fully saturated rings. The van der Waals surface area contributed by atoms with Crippen molar-refractivity contribution in [3.63, 3.8) is 0 Å². The van der Waals surface area contributed by atoms with Gasteiger partial charge in [0.2, 0.25) is 0 Å². The Morgan fingerprint density at radius 3 is 2.75 bits per heavy atom. The maximum Gasteiger partial charge on any atom is 0.0525 e. The molecule has 0 saturated carbocycles. The highest BCUT2D eigenvalue weighted by Gasteiger charge is 2.10. The van der Waals surface area contributed by atoms with Crippen LogP contribution < -0.4 is 0 Å². The number of ether oxygens (including phenoxy) is 1. The molecule has 1 heterocycles. The molecule has 1 saturated heterocycles. The molecule has 0 unspecified atom stereocenters. The van der Waals surface area contributed by atoms with E-state index >= 15 is 0 Å². The summed E-state index contributed by atoms with van der Waals surface area (Å²) < 4.78 is 5.49. The van der Waals surface area contributed by atoms with Crippen molar-refractivity contribution < 1.29 is 4.74 Å². The van der Waals surface area contributed by atoms with Gasteiger partial charge in [0.05, 0.1) is 9.52 Å². The fourth-order valence-corrected chi connectivity index (χ4v) is 2.23. The second-order valence-electron chi connectivity index (χ2n) is 2.40. The smallest absolute Gasteiger partial charge is 0.0525 e. The first kappa shape index (κ1) is 6.30. The average Bonchev–Trinajstić information content (AvgIpc) is 1.90. The molecule has 0 aromatic carbocycles. The summed E-state index contributed by atoms with van der Waals surface area (Å²) in [7, 11) is 0.146. The van der Waals surface area contributed by atoms with Gasteiger partial charge in [0, 0.05) is 12.3 Å². The minimum absolute atomic E-state index is 0.146. The van der Waals surface area contributed by atoms with Crippen LogP contribution in [-0.4, -0.2) is 21.9 Å². The average molecular weight is 130 g/mol. The Morgan fingerprint density at radius 2 is 2.38 bits per heavy atom. The van der Waals surface area contributed by atoms with Crippen LogP contribution in [0.1, 0.15) is 19.3 Å². The minimum Gasteiger partial charge on any atom is -0.382 e. The molecule has 1 nitrogen and oxygen atoms in total. The van der Waals surface area contributed by atoms with E-state index in [-0.39, 0.29) is 9.52 Å². The SMILES string of the molecule is C[SiH2][C@H]1CCCCO1. The Kier molecular flexibility index (Phi) is 2.56. The van der Waals surface area contributed by atoms with E-state index in [0.717, 1.165) is 12.3 Å². The summed E-state index contributed by atoms with van der Waals surface area (Å²) in [4.78, 5) is 0. The Morgan fingerprint density at radius 1 is 1.50 bits per heavy atom. The Balaban J connectivity index is 2.13. The van der Waals surface area contributed by atoms with E-state index in [1.54, 1.807) is 0 Å². The lowest BCUT2D eigenvalue weighted by Gasteiger charge is -2.20. The molecule has 2 heteroatoms. The number of rotatable bonds is 1. The van der Waals surface area contributed by atoms with Crippen molar-refractivity contribution in [3.05, 3.63) is 0 Å². The second-order valence-corrected chi connectivity index (χ2v) is 4.12. The molecule has 0 bridgehead atoms. The lowest BCUT2D eigenvalue weighted by Crippen LogP contribution is -2.23. The molecule has 0 spiro atoms. The van der Waals surface area contributed by atoms with Crippen LogP contribution in [0.2, 0.25) is 6.55 Å². The maximum atomic E-state index is 5.49. The van der Waals surface area contributed by atoms with Crippen LogP contribution in [-0.2, 0) is 4.74 Å². The zero-order chi connectivity index (χ0) is 5.82. The van der Waals surface area contributed by atoms with Crippen LogP contribution in [0, 0.1) is 0 Å². The van der Waals surface area contributed by atoms with E-state index in [1.165, 1.54) is 19.3 Å². The molecule has 1 atom stereocenters. The predicted molar refractivity (Wildman–Crippen MR) is 38.0 cm³/mol. The van der Waals surface area contributed by atoms with Crippen LogP contribution in [0.25, 0.3) is 0 Å². The zero-order valence-corrected chi connectivity index (χ0v) is 6.94. The maximum absolute atomic E-state index is 5.49. The third-order valence-corrected chi connectivity index (χ3v) is 3.28. The fraction of sp³-hybridized carbons (Fsp3) is 1.00. The van der Waals surface area contributed by atoms with E-state index in [1.807, 2.05) is 0 Å². The van der Waals surface area contributed by atoms with Gasteiger partial charge >= 0.3 is 0 Å². The van der Waals surface area contributed by atoms with E-state index in [4.69, 9.17) is 4.74 Å². The van der Waals surface area contributed by atoms with Crippen LogP contribution in [0.5, 0.6) is 0 Å². The van der Waals surface area contributed by atoms with Crippen molar-refractivity contribution in [3.8, 4) is 0 Å². The first-order chi connectivity index (χ1) is 3.93. The molecule has 0 N–H and O–H groups in total. The highest BCUT2D eigenvalue weighted by Crippen LogP contribution is 2.10. The second kappa shape index (κ2) is 3.25. The summed E-state index contributed by atoms with van der Waals surface area (Å²) in [5.74, 6) is 0. The summed E-state index contributed by atoms with van der Waals surface area (Å²) in [5.41, 5.74) is 0.726. The van der Waals surface area contributed by atoms with Gasteiger partial charge < -0.3 is 4.74 Å². The fourth-order valence-electron chi connectivity index (χ4n) is 1.13. The summed E-state index contributed by atoms with van der Waals surface area (Å²) >= 11 is 0. The standard InChI is InChI=1S/C6H14OSi/c1-8-6-4-2-3-5-7-6/h6H,2-5,8H2,1H3/t6-/m0/s1. The molecular weight excluding hydrogens is 116 g/mol. The molecule has 0 aromatic rings. The van der Waals surface area contributed by atoms with Crippen LogP contribution in [0.3, 0.4) is 0 Å². The Labute approximate surface area is 53.2 Å². The van der Waals surface area contributed by atoms with Crippen molar-refractivity contribution >= 4 is 9.52 Å².